The zero-order valence-electron chi connectivity index (χ0n) is 12.1. The van der Waals surface area contributed by atoms with E-state index in [4.69, 9.17) is 4.42 Å². The quantitative estimate of drug-likeness (QED) is 0.584. The fourth-order valence-corrected chi connectivity index (χ4v) is 2.50. The third-order valence-corrected chi connectivity index (χ3v) is 3.73. The van der Waals surface area contributed by atoms with Crippen LogP contribution in [0, 0.1) is 6.92 Å². The lowest BCUT2D eigenvalue weighted by Gasteiger charge is -2.01. The number of benzene rings is 2. The van der Waals surface area contributed by atoms with Crippen LogP contribution in [0.15, 0.2) is 52.9 Å². The fraction of sp³-hybridized carbons (Fsp3) is 0.263. The van der Waals surface area contributed by atoms with E-state index >= 15 is 0 Å². The molecule has 0 aliphatic heterocycles. The number of hydrogen-bond acceptors (Lipinski definition) is 1. The lowest BCUT2D eigenvalue weighted by atomic mass is 10.1. The Labute approximate surface area is 120 Å². The molecule has 2 aromatic carbocycles. The molecular weight excluding hydrogens is 244 g/mol. The molecule has 1 heteroatoms. The lowest BCUT2D eigenvalue weighted by Crippen LogP contribution is -1.84. The number of unbranched alkanes of at least 4 members (excludes halogenated alkanes) is 1. The normalized spacial score (nSPS) is 11.1. The maximum absolute atomic E-state index is 5.96. The highest BCUT2D eigenvalue weighted by Gasteiger charge is 2.06. The van der Waals surface area contributed by atoms with Crippen LogP contribution in [0.1, 0.15) is 30.9 Å². The van der Waals surface area contributed by atoms with Gasteiger partial charge in [-0.1, -0.05) is 49.7 Å². The average molecular weight is 264 g/mol. The molecule has 0 amide bonds. The van der Waals surface area contributed by atoms with E-state index in [1.165, 1.54) is 29.4 Å². The van der Waals surface area contributed by atoms with Crippen LogP contribution in [-0.4, -0.2) is 0 Å². The molecule has 0 fully saturated rings. The first kappa shape index (κ1) is 13.0. The van der Waals surface area contributed by atoms with Crippen LogP contribution in [0.2, 0.25) is 0 Å². The summed E-state index contributed by atoms with van der Waals surface area (Å²) < 4.78 is 5.96. The molecule has 0 saturated heterocycles. The monoisotopic (exact) mass is 264 g/mol. The molecule has 3 aromatic rings. The van der Waals surface area contributed by atoms with Gasteiger partial charge in [0, 0.05) is 10.9 Å². The van der Waals surface area contributed by atoms with Gasteiger partial charge in [-0.2, -0.15) is 0 Å². The minimum atomic E-state index is 0.952. The average Bonchev–Trinajstić information content (AvgIpc) is 2.88. The number of fused-ring (bicyclic) bond motifs is 1. The summed E-state index contributed by atoms with van der Waals surface area (Å²) in [6, 6.07) is 17.2. The van der Waals surface area contributed by atoms with Crippen LogP contribution in [0.5, 0.6) is 0 Å². The van der Waals surface area contributed by atoms with Crippen molar-refractivity contribution in [1.82, 2.24) is 0 Å². The van der Waals surface area contributed by atoms with E-state index in [2.05, 4.69) is 62.4 Å². The van der Waals surface area contributed by atoms with Crippen molar-refractivity contribution < 1.29 is 4.42 Å². The summed E-state index contributed by atoms with van der Waals surface area (Å²) in [4.78, 5) is 0. The smallest absolute Gasteiger partial charge is 0.135 e. The maximum atomic E-state index is 5.96. The largest absolute Gasteiger partial charge is 0.456 e. The Bertz CT molecular complexity index is 704. The Morgan fingerprint density at radius 3 is 2.50 bits per heavy atom. The SMILES string of the molecule is CCCCc1ccc(-c2cc3ccc(C)cc3o2)cc1. The third-order valence-electron chi connectivity index (χ3n) is 3.73. The second-order valence-electron chi connectivity index (χ2n) is 5.45. The molecule has 0 saturated carbocycles. The van der Waals surface area contributed by atoms with Crippen LogP contribution in [0.3, 0.4) is 0 Å². The van der Waals surface area contributed by atoms with Gasteiger partial charge in [0.2, 0.25) is 0 Å². The molecule has 0 atom stereocenters. The van der Waals surface area contributed by atoms with Crippen LogP contribution in [0.25, 0.3) is 22.3 Å². The van der Waals surface area contributed by atoms with Crippen molar-refractivity contribution in [3.8, 4) is 11.3 Å². The molecule has 0 radical (unpaired) electrons. The Morgan fingerprint density at radius 2 is 1.75 bits per heavy atom. The second-order valence-corrected chi connectivity index (χ2v) is 5.45. The van der Waals surface area contributed by atoms with Crippen LogP contribution < -0.4 is 0 Å². The van der Waals surface area contributed by atoms with Crippen molar-refractivity contribution in [3.05, 3.63) is 59.7 Å². The predicted molar refractivity (Wildman–Crippen MR) is 85.0 cm³/mol. The number of aryl methyl sites for hydroxylation is 2. The summed E-state index contributed by atoms with van der Waals surface area (Å²) in [6.45, 7) is 4.31. The molecule has 0 spiro atoms. The van der Waals surface area contributed by atoms with Gasteiger partial charge in [-0.15, -0.1) is 0 Å². The first-order chi connectivity index (χ1) is 9.76. The molecule has 1 aromatic heterocycles. The van der Waals surface area contributed by atoms with Gasteiger partial charge in [-0.05, 0) is 43.0 Å². The van der Waals surface area contributed by atoms with Gasteiger partial charge < -0.3 is 4.42 Å². The van der Waals surface area contributed by atoms with E-state index in [0.717, 1.165) is 23.3 Å². The number of hydrogen-bond donors (Lipinski definition) is 0. The zero-order valence-corrected chi connectivity index (χ0v) is 12.1. The highest BCUT2D eigenvalue weighted by atomic mass is 16.3. The Balaban J connectivity index is 1.90. The molecule has 3 rings (SSSR count). The van der Waals surface area contributed by atoms with E-state index in [0.29, 0.717) is 0 Å². The van der Waals surface area contributed by atoms with Gasteiger partial charge >= 0.3 is 0 Å². The Morgan fingerprint density at radius 1 is 0.950 bits per heavy atom. The highest BCUT2D eigenvalue weighted by molar-refractivity contribution is 5.83. The van der Waals surface area contributed by atoms with Crippen molar-refractivity contribution in [3.63, 3.8) is 0 Å². The summed E-state index contributed by atoms with van der Waals surface area (Å²) >= 11 is 0. The third kappa shape index (κ3) is 2.62. The number of rotatable bonds is 4. The van der Waals surface area contributed by atoms with Gasteiger partial charge in [0.1, 0.15) is 11.3 Å². The van der Waals surface area contributed by atoms with Gasteiger partial charge in [-0.25, -0.2) is 0 Å². The van der Waals surface area contributed by atoms with Gasteiger partial charge in [0.05, 0.1) is 0 Å². The molecular formula is C19H20O. The van der Waals surface area contributed by atoms with Crippen LogP contribution >= 0.6 is 0 Å². The number of furan rings is 1. The van der Waals surface area contributed by atoms with E-state index < -0.39 is 0 Å². The molecule has 0 N–H and O–H groups in total. The van der Waals surface area contributed by atoms with Crippen molar-refractivity contribution >= 4 is 11.0 Å². The topological polar surface area (TPSA) is 13.1 Å². The van der Waals surface area contributed by atoms with Crippen LogP contribution in [-0.2, 0) is 6.42 Å². The van der Waals surface area contributed by atoms with Crippen molar-refractivity contribution in [1.29, 1.82) is 0 Å². The molecule has 0 bridgehead atoms. The summed E-state index contributed by atoms with van der Waals surface area (Å²) in [5.41, 5.74) is 4.75. The van der Waals surface area contributed by atoms with Crippen molar-refractivity contribution in [2.24, 2.45) is 0 Å². The fourth-order valence-electron chi connectivity index (χ4n) is 2.50. The first-order valence-corrected chi connectivity index (χ1v) is 7.36. The molecule has 102 valence electrons. The predicted octanol–water partition coefficient (Wildman–Crippen LogP) is 5.75. The van der Waals surface area contributed by atoms with Gasteiger partial charge in [0.15, 0.2) is 0 Å². The lowest BCUT2D eigenvalue weighted by molar-refractivity contribution is 0.631. The van der Waals surface area contributed by atoms with E-state index in [-0.39, 0.29) is 0 Å². The molecule has 0 aliphatic carbocycles. The molecule has 1 heterocycles. The summed E-state index contributed by atoms with van der Waals surface area (Å²) in [5, 5.41) is 1.17. The Kier molecular flexibility index (Phi) is 3.60. The van der Waals surface area contributed by atoms with Crippen molar-refractivity contribution in [2.45, 2.75) is 33.1 Å². The molecule has 0 aliphatic rings. The zero-order chi connectivity index (χ0) is 13.9. The van der Waals surface area contributed by atoms with Gasteiger partial charge in [-0.3, -0.25) is 0 Å². The van der Waals surface area contributed by atoms with E-state index in [1.54, 1.807) is 0 Å². The highest BCUT2D eigenvalue weighted by Crippen LogP contribution is 2.28. The second kappa shape index (κ2) is 5.54. The standard InChI is InChI=1S/C19H20O/c1-3-4-5-15-7-10-16(11-8-15)19-13-17-9-6-14(2)12-18(17)20-19/h6-13H,3-5H2,1-2H3. The van der Waals surface area contributed by atoms with E-state index in [1.807, 2.05) is 0 Å². The molecule has 0 unspecified atom stereocenters. The molecule has 1 nitrogen and oxygen atoms in total. The summed E-state index contributed by atoms with van der Waals surface area (Å²) in [5.74, 6) is 0.952. The van der Waals surface area contributed by atoms with Crippen LogP contribution in [0.4, 0.5) is 0 Å². The van der Waals surface area contributed by atoms with Crippen molar-refractivity contribution in [2.75, 3.05) is 0 Å². The summed E-state index contributed by atoms with van der Waals surface area (Å²) in [7, 11) is 0. The molecule has 20 heavy (non-hydrogen) atoms. The minimum absolute atomic E-state index is 0.952. The Hall–Kier alpha value is -2.02. The summed E-state index contributed by atoms with van der Waals surface area (Å²) in [6.07, 6.45) is 3.66. The van der Waals surface area contributed by atoms with Gasteiger partial charge in [0.25, 0.3) is 0 Å². The van der Waals surface area contributed by atoms with E-state index in [9.17, 15) is 0 Å². The first-order valence-electron chi connectivity index (χ1n) is 7.36. The minimum Gasteiger partial charge on any atom is -0.456 e. The maximum Gasteiger partial charge on any atom is 0.135 e.